The minimum atomic E-state index is -0.342. The highest BCUT2D eigenvalue weighted by atomic mass is 16.5. The fraction of sp³-hybridized carbons (Fsp3) is 0.643. The maximum Gasteiger partial charge on any atom is 0.306 e. The zero-order valence-electron chi connectivity index (χ0n) is 12.5. The van der Waals surface area contributed by atoms with Crippen LogP contribution in [0.5, 0.6) is 5.75 Å². The van der Waals surface area contributed by atoms with Gasteiger partial charge in [-0.05, 0) is 20.8 Å². The molecule has 1 aromatic rings. The van der Waals surface area contributed by atoms with Crippen molar-refractivity contribution in [2.45, 2.75) is 46.1 Å². The zero-order valence-corrected chi connectivity index (χ0v) is 12.5. The number of aromatic nitrogens is 2. The van der Waals surface area contributed by atoms with Crippen molar-refractivity contribution >= 4 is 11.8 Å². The molecule has 0 aliphatic heterocycles. The van der Waals surface area contributed by atoms with Crippen molar-refractivity contribution in [1.82, 2.24) is 9.78 Å². The van der Waals surface area contributed by atoms with Crippen molar-refractivity contribution < 1.29 is 19.1 Å². The van der Waals surface area contributed by atoms with Crippen molar-refractivity contribution in [3.8, 4) is 5.75 Å². The molecule has 1 aromatic heterocycles. The average Bonchev–Trinajstić information content (AvgIpc) is 2.79. The van der Waals surface area contributed by atoms with E-state index >= 15 is 0 Å². The molecule has 1 heterocycles. The van der Waals surface area contributed by atoms with Crippen LogP contribution in [0.2, 0.25) is 0 Å². The SMILES string of the molecule is CCOC(=O)CCC(=O)Cc1c(OC)cnn1C(C)C. The van der Waals surface area contributed by atoms with Crippen molar-refractivity contribution in [2.24, 2.45) is 0 Å². The molecule has 6 nitrogen and oxygen atoms in total. The van der Waals surface area contributed by atoms with Crippen LogP contribution in [0.3, 0.4) is 0 Å². The summed E-state index contributed by atoms with van der Waals surface area (Å²) in [6, 6.07) is 0.145. The van der Waals surface area contributed by atoms with Gasteiger partial charge in [0.2, 0.25) is 0 Å². The Kier molecular flexibility index (Phi) is 6.21. The molecule has 1 rings (SSSR count). The molecule has 6 heteroatoms. The molecule has 0 aromatic carbocycles. The van der Waals surface area contributed by atoms with Gasteiger partial charge >= 0.3 is 5.97 Å². The van der Waals surface area contributed by atoms with E-state index in [0.717, 1.165) is 5.69 Å². The van der Waals surface area contributed by atoms with Gasteiger partial charge in [0.05, 0.1) is 38.4 Å². The second kappa shape index (κ2) is 7.67. The second-order valence-electron chi connectivity index (χ2n) is 4.72. The van der Waals surface area contributed by atoms with Gasteiger partial charge in [0.1, 0.15) is 5.78 Å². The number of methoxy groups -OCH3 is 1. The van der Waals surface area contributed by atoms with Crippen LogP contribution in [0.15, 0.2) is 6.20 Å². The molecule has 0 atom stereocenters. The van der Waals surface area contributed by atoms with E-state index in [2.05, 4.69) is 5.10 Å². The third-order valence-electron chi connectivity index (χ3n) is 2.85. The van der Waals surface area contributed by atoms with E-state index in [-0.39, 0.29) is 37.1 Å². The first-order chi connectivity index (χ1) is 9.49. The summed E-state index contributed by atoms with van der Waals surface area (Å²) in [4.78, 5) is 23.2. The quantitative estimate of drug-likeness (QED) is 0.681. The number of nitrogens with zero attached hydrogens (tertiary/aromatic N) is 2. The Morgan fingerprint density at radius 2 is 2.05 bits per heavy atom. The molecule has 0 aliphatic rings. The van der Waals surface area contributed by atoms with E-state index in [1.807, 2.05) is 13.8 Å². The monoisotopic (exact) mass is 282 g/mol. The molecular weight excluding hydrogens is 260 g/mol. The lowest BCUT2D eigenvalue weighted by Gasteiger charge is -2.11. The number of ketones is 1. The zero-order chi connectivity index (χ0) is 15.1. The van der Waals surface area contributed by atoms with Gasteiger partial charge in [-0.3, -0.25) is 14.3 Å². The Morgan fingerprint density at radius 3 is 2.60 bits per heavy atom. The van der Waals surface area contributed by atoms with Gasteiger partial charge in [0.25, 0.3) is 0 Å². The highest BCUT2D eigenvalue weighted by molar-refractivity contribution is 5.84. The normalized spacial score (nSPS) is 10.7. The Balaban J connectivity index is 2.65. The molecule has 0 fully saturated rings. The topological polar surface area (TPSA) is 70.4 Å². The van der Waals surface area contributed by atoms with Crippen LogP contribution in [-0.4, -0.2) is 35.2 Å². The maximum absolute atomic E-state index is 12.0. The average molecular weight is 282 g/mol. The first-order valence-corrected chi connectivity index (χ1v) is 6.77. The van der Waals surface area contributed by atoms with Crippen LogP contribution in [0.1, 0.15) is 45.3 Å². The Morgan fingerprint density at radius 1 is 1.35 bits per heavy atom. The fourth-order valence-corrected chi connectivity index (χ4v) is 1.91. The van der Waals surface area contributed by atoms with E-state index in [9.17, 15) is 9.59 Å². The molecule has 0 spiro atoms. The van der Waals surface area contributed by atoms with Crippen LogP contribution >= 0.6 is 0 Å². The van der Waals surface area contributed by atoms with E-state index in [1.54, 1.807) is 24.9 Å². The predicted octanol–water partition coefficient (Wildman–Crippen LogP) is 1.93. The van der Waals surface area contributed by atoms with Gasteiger partial charge in [0.15, 0.2) is 5.75 Å². The molecule has 0 N–H and O–H groups in total. The number of carbonyl (C=O) groups is 2. The molecule has 0 saturated heterocycles. The van der Waals surface area contributed by atoms with Gasteiger partial charge in [-0.15, -0.1) is 0 Å². The highest BCUT2D eigenvalue weighted by Gasteiger charge is 2.17. The van der Waals surface area contributed by atoms with Crippen LogP contribution in [-0.2, 0) is 20.7 Å². The maximum atomic E-state index is 12.0. The number of Topliss-reactive ketones (excluding diaryl/α,β-unsaturated/α-hetero) is 1. The summed E-state index contributed by atoms with van der Waals surface area (Å²) in [5.74, 6) is 0.229. The van der Waals surface area contributed by atoms with Gasteiger partial charge in [-0.25, -0.2) is 0 Å². The Bertz CT molecular complexity index is 466. The lowest BCUT2D eigenvalue weighted by Crippen LogP contribution is -2.14. The van der Waals surface area contributed by atoms with E-state index in [0.29, 0.717) is 12.4 Å². The lowest BCUT2D eigenvalue weighted by molar-refractivity contribution is -0.144. The third kappa shape index (κ3) is 4.36. The number of carbonyl (C=O) groups excluding carboxylic acids is 2. The summed E-state index contributed by atoms with van der Waals surface area (Å²) < 4.78 is 11.8. The van der Waals surface area contributed by atoms with Crippen molar-refractivity contribution in [3.05, 3.63) is 11.9 Å². The highest BCUT2D eigenvalue weighted by Crippen LogP contribution is 2.22. The predicted molar refractivity (Wildman–Crippen MR) is 73.7 cm³/mol. The molecule has 0 aliphatic carbocycles. The molecule has 0 bridgehead atoms. The fourth-order valence-electron chi connectivity index (χ4n) is 1.91. The smallest absolute Gasteiger partial charge is 0.306 e. The molecular formula is C14H22N2O4. The second-order valence-corrected chi connectivity index (χ2v) is 4.72. The molecule has 0 amide bonds. The Hall–Kier alpha value is -1.85. The van der Waals surface area contributed by atoms with Crippen LogP contribution in [0.25, 0.3) is 0 Å². The van der Waals surface area contributed by atoms with Crippen LogP contribution in [0.4, 0.5) is 0 Å². The number of hydrogen-bond donors (Lipinski definition) is 0. The molecule has 0 saturated carbocycles. The van der Waals surface area contributed by atoms with Crippen molar-refractivity contribution in [1.29, 1.82) is 0 Å². The van der Waals surface area contributed by atoms with Crippen LogP contribution in [0, 0.1) is 0 Å². The van der Waals surface area contributed by atoms with E-state index in [4.69, 9.17) is 9.47 Å². The standard InChI is InChI=1S/C14H22N2O4/c1-5-20-14(18)7-6-11(17)8-12-13(19-4)9-15-16(12)10(2)3/h9-10H,5-8H2,1-4H3. The van der Waals surface area contributed by atoms with Crippen LogP contribution < -0.4 is 4.74 Å². The minimum absolute atomic E-state index is 0.0289. The largest absolute Gasteiger partial charge is 0.493 e. The first kappa shape index (κ1) is 16.2. The van der Waals surface area contributed by atoms with Crippen molar-refractivity contribution in [2.75, 3.05) is 13.7 Å². The minimum Gasteiger partial charge on any atom is -0.493 e. The van der Waals surface area contributed by atoms with Gasteiger partial charge in [0, 0.05) is 12.5 Å². The molecule has 0 unspecified atom stereocenters. The van der Waals surface area contributed by atoms with E-state index < -0.39 is 0 Å². The third-order valence-corrected chi connectivity index (χ3v) is 2.85. The summed E-state index contributed by atoms with van der Waals surface area (Å²) in [6.45, 7) is 6.05. The van der Waals surface area contributed by atoms with Gasteiger partial charge < -0.3 is 9.47 Å². The number of rotatable bonds is 8. The summed E-state index contributed by atoms with van der Waals surface area (Å²) in [6.07, 6.45) is 2.10. The van der Waals surface area contributed by atoms with Gasteiger partial charge in [-0.1, -0.05) is 0 Å². The summed E-state index contributed by atoms with van der Waals surface area (Å²) in [7, 11) is 1.55. The number of esters is 1. The first-order valence-electron chi connectivity index (χ1n) is 6.77. The molecule has 20 heavy (non-hydrogen) atoms. The molecule has 112 valence electrons. The summed E-state index contributed by atoms with van der Waals surface area (Å²) >= 11 is 0. The number of hydrogen-bond acceptors (Lipinski definition) is 5. The van der Waals surface area contributed by atoms with Gasteiger partial charge in [-0.2, -0.15) is 5.10 Å². The summed E-state index contributed by atoms with van der Waals surface area (Å²) in [5, 5.41) is 4.21. The van der Waals surface area contributed by atoms with E-state index in [1.165, 1.54) is 0 Å². The number of ether oxygens (including phenoxy) is 2. The van der Waals surface area contributed by atoms with Crippen molar-refractivity contribution in [3.63, 3.8) is 0 Å². The molecule has 0 radical (unpaired) electrons. The summed E-state index contributed by atoms with van der Waals surface area (Å²) in [5.41, 5.74) is 0.747. The lowest BCUT2D eigenvalue weighted by atomic mass is 10.1. The Labute approximate surface area is 119 Å².